The molecule has 2 aliphatic rings. The van der Waals surface area contributed by atoms with Crippen molar-refractivity contribution < 1.29 is 9.59 Å². The Bertz CT molecular complexity index is 1420. The molecule has 8 heteroatoms. The number of carbonyl (C=O) groups is 2. The van der Waals surface area contributed by atoms with Crippen molar-refractivity contribution in [2.75, 3.05) is 17.6 Å². The zero-order chi connectivity index (χ0) is 26.3. The summed E-state index contributed by atoms with van der Waals surface area (Å²) >= 11 is 0. The molecule has 1 aromatic carbocycles. The fourth-order valence-electron chi connectivity index (χ4n) is 5.66. The van der Waals surface area contributed by atoms with E-state index in [-0.39, 0.29) is 17.7 Å². The topological polar surface area (TPSA) is 106 Å². The molecule has 3 N–H and O–H groups in total. The van der Waals surface area contributed by atoms with Crippen LogP contribution < -0.4 is 11.1 Å². The van der Waals surface area contributed by atoms with Crippen LogP contribution in [0.3, 0.4) is 0 Å². The van der Waals surface area contributed by atoms with Crippen molar-refractivity contribution in [1.29, 1.82) is 0 Å². The molecule has 0 spiro atoms. The Balaban J connectivity index is 1.52. The SMILES string of the molecule is C=C(C)C(=O)Nc1ccc(-c2c(C3=CC[C@H](C(=O)N4CCC[C@@H]4C)CC3)c3c(N)ncnc3n2C)cc1. The van der Waals surface area contributed by atoms with E-state index in [9.17, 15) is 9.59 Å². The number of carbonyl (C=O) groups excluding carboxylic acids is 2. The van der Waals surface area contributed by atoms with Crippen molar-refractivity contribution in [1.82, 2.24) is 19.4 Å². The number of hydrogen-bond acceptors (Lipinski definition) is 5. The highest BCUT2D eigenvalue weighted by Gasteiger charge is 2.33. The number of nitrogens with two attached hydrogens (primary N) is 1. The lowest BCUT2D eigenvalue weighted by atomic mass is 9.84. The van der Waals surface area contributed by atoms with Gasteiger partial charge in [0.15, 0.2) is 0 Å². The molecule has 1 saturated heterocycles. The smallest absolute Gasteiger partial charge is 0.250 e. The molecule has 37 heavy (non-hydrogen) atoms. The van der Waals surface area contributed by atoms with Crippen molar-refractivity contribution in [2.24, 2.45) is 13.0 Å². The third-order valence-electron chi connectivity index (χ3n) is 7.72. The lowest BCUT2D eigenvalue weighted by Crippen LogP contribution is -2.38. The van der Waals surface area contributed by atoms with E-state index in [1.165, 1.54) is 11.9 Å². The summed E-state index contributed by atoms with van der Waals surface area (Å²) in [6.07, 6.45) is 8.19. The maximum absolute atomic E-state index is 13.2. The molecule has 1 aliphatic heterocycles. The largest absolute Gasteiger partial charge is 0.383 e. The number of fused-ring (bicyclic) bond motifs is 1. The number of nitrogen functional groups attached to an aromatic ring is 1. The average molecular weight is 499 g/mol. The lowest BCUT2D eigenvalue weighted by Gasteiger charge is -2.29. The van der Waals surface area contributed by atoms with Gasteiger partial charge in [-0.15, -0.1) is 0 Å². The molecule has 2 aromatic heterocycles. The maximum Gasteiger partial charge on any atom is 0.250 e. The number of amides is 2. The first-order valence-electron chi connectivity index (χ1n) is 12.9. The van der Waals surface area contributed by atoms with Gasteiger partial charge in [-0.25, -0.2) is 9.97 Å². The monoisotopic (exact) mass is 498 g/mol. The van der Waals surface area contributed by atoms with Crippen molar-refractivity contribution in [3.8, 4) is 11.3 Å². The van der Waals surface area contributed by atoms with E-state index in [0.29, 0.717) is 29.5 Å². The number of likely N-dealkylation sites (tertiary alicyclic amines) is 1. The standard InChI is InChI=1S/C29H34N6O2/c1-17(2)28(36)33-22-13-11-20(12-14-22)25-23(24-26(30)31-16-32-27(24)34(25)4)19-7-9-21(10-8-19)29(37)35-15-5-6-18(35)3/h7,11-14,16,18,21H,1,5-6,8-10,15H2,2-4H3,(H,33,36)(H2,30,31,32)/t18-,21-/m0/s1. The Morgan fingerprint density at radius 1 is 1.16 bits per heavy atom. The molecule has 3 aromatic rings. The number of benzene rings is 1. The predicted octanol–water partition coefficient (Wildman–Crippen LogP) is 4.93. The molecule has 0 saturated carbocycles. The molecule has 3 heterocycles. The van der Waals surface area contributed by atoms with Crippen LogP contribution in [-0.2, 0) is 16.6 Å². The fourth-order valence-corrected chi connectivity index (χ4v) is 5.66. The number of nitrogens with zero attached hydrogens (tertiary/aromatic N) is 4. The first-order valence-corrected chi connectivity index (χ1v) is 12.9. The Morgan fingerprint density at radius 3 is 2.54 bits per heavy atom. The van der Waals surface area contributed by atoms with Gasteiger partial charge in [0.05, 0.1) is 11.1 Å². The van der Waals surface area contributed by atoms with Crippen LogP contribution >= 0.6 is 0 Å². The van der Waals surface area contributed by atoms with Crippen LogP contribution in [0.15, 0.2) is 48.8 Å². The van der Waals surface area contributed by atoms with Gasteiger partial charge in [0.25, 0.3) is 5.91 Å². The summed E-state index contributed by atoms with van der Waals surface area (Å²) in [6.45, 7) is 8.40. The van der Waals surface area contributed by atoms with Gasteiger partial charge in [-0.3, -0.25) is 9.59 Å². The molecule has 0 bridgehead atoms. The van der Waals surface area contributed by atoms with E-state index in [1.807, 2.05) is 35.9 Å². The summed E-state index contributed by atoms with van der Waals surface area (Å²) in [6, 6.07) is 8.07. The van der Waals surface area contributed by atoms with E-state index in [4.69, 9.17) is 5.73 Å². The zero-order valence-corrected chi connectivity index (χ0v) is 21.8. The molecule has 192 valence electrons. The van der Waals surface area contributed by atoms with Crippen LogP contribution in [0, 0.1) is 5.92 Å². The summed E-state index contributed by atoms with van der Waals surface area (Å²) in [5.41, 5.74) is 12.5. The van der Waals surface area contributed by atoms with E-state index < -0.39 is 0 Å². The van der Waals surface area contributed by atoms with E-state index >= 15 is 0 Å². The number of aromatic nitrogens is 3. The number of allylic oxidation sites excluding steroid dienone is 2. The van der Waals surface area contributed by atoms with Crippen LogP contribution in [-0.4, -0.2) is 43.8 Å². The normalized spacial score (nSPS) is 19.6. The highest BCUT2D eigenvalue weighted by Crippen LogP contribution is 2.43. The molecule has 2 atom stereocenters. The van der Waals surface area contributed by atoms with Crippen LogP contribution in [0.5, 0.6) is 0 Å². The first kappa shape index (κ1) is 24.7. The van der Waals surface area contributed by atoms with E-state index in [1.54, 1.807) is 6.92 Å². The molecule has 1 aliphatic carbocycles. The van der Waals surface area contributed by atoms with Gasteiger partial charge in [-0.1, -0.05) is 24.8 Å². The molecular formula is C29H34N6O2. The molecule has 0 radical (unpaired) electrons. The molecule has 8 nitrogen and oxygen atoms in total. The highest BCUT2D eigenvalue weighted by molar-refractivity contribution is 6.05. The first-order chi connectivity index (χ1) is 17.8. The van der Waals surface area contributed by atoms with Crippen molar-refractivity contribution in [3.05, 3.63) is 54.4 Å². The number of aryl methyl sites for hydroxylation is 1. The summed E-state index contributed by atoms with van der Waals surface area (Å²) in [7, 11) is 1.98. The minimum atomic E-state index is -0.208. The van der Waals surface area contributed by atoms with Gasteiger partial charge in [-0.2, -0.15) is 0 Å². The van der Waals surface area contributed by atoms with Crippen LogP contribution in [0.2, 0.25) is 0 Å². The molecule has 5 rings (SSSR count). The second-order valence-electron chi connectivity index (χ2n) is 10.3. The van der Waals surface area contributed by atoms with Crippen molar-refractivity contribution >= 4 is 39.9 Å². The highest BCUT2D eigenvalue weighted by atomic mass is 16.2. The lowest BCUT2D eigenvalue weighted by molar-refractivity contribution is -0.136. The van der Waals surface area contributed by atoms with Gasteiger partial charge in [0, 0.05) is 42.4 Å². The van der Waals surface area contributed by atoms with Crippen LogP contribution in [0.25, 0.3) is 27.9 Å². The maximum atomic E-state index is 13.2. The van der Waals surface area contributed by atoms with E-state index in [2.05, 4.69) is 39.8 Å². The Morgan fingerprint density at radius 2 is 1.92 bits per heavy atom. The van der Waals surface area contributed by atoms with Gasteiger partial charge in [0.1, 0.15) is 17.8 Å². The van der Waals surface area contributed by atoms with E-state index in [0.717, 1.165) is 60.1 Å². The summed E-state index contributed by atoms with van der Waals surface area (Å²) in [4.78, 5) is 36.1. The third kappa shape index (κ3) is 4.52. The second kappa shape index (κ2) is 9.84. The zero-order valence-electron chi connectivity index (χ0n) is 21.8. The number of hydrogen-bond donors (Lipinski definition) is 2. The van der Waals surface area contributed by atoms with Crippen molar-refractivity contribution in [2.45, 2.75) is 52.0 Å². The molecule has 0 unspecified atom stereocenters. The quantitative estimate of drug-likeness (QED) is 0.486. The minimum absolute atomic E-state index is 0.0209. The van der Waals surface area contributed by atoms with Gasteiger partial charge >= 0.3 is 0 Å². The molecule has 1 fully saturated rings. The van der Waals surface area contributed by atoms with Crippen molar-refractivity contribution in [3.63, 3.8) is 0 Å². The summed E-state index contributed by atoms with van der Waals surface area (Å²) < 4.78 is 2.05. The predicted molar refractivity (Wildman–Crippen MR) is 148 cm³/mol. The minimum Gasteiger partial charge on any atom is -0.383 e. The second-order valence-corrected chi connectivity index (χ2v) is 10.3. The fraction of sp³-hybridized carbons (Fsp3) is 0.379. The van der Waals surface area contributed by atoms with Crippen LogP contribution in [0.1, 0.15) is 51.5 Å². The number of nitrogens with one attached hydrogen (secondary N) is 1. The van der Waals surface area contributed by atoms with Crippen LogP contribution in [0.4, 0.5) is 11.5 Å². The van der Waals surface area contributed by atoms with Gasteiger partial charge in [-0.05, 0) is 69.2 Å². The summed E-state index contributed by atoms with van der Waals surface area (Å²) in [5.74, 6) is 0.541. The number of anilines is 2. The third-order valence-corrected chi connectivity index (χ3v) is 7.72. The summed E-state index contributed by atoms with van der Waals surface area (Å²) in [5, 5.41) is 3.69. The Kier molecular flexibility index (Phi) is 6.58. The van der Waals surface area contributed by atoms with Gasteiger partial charge in [0.2, 0.25) is 5.91 Å². The Labute approximate surface area is 217 Å². The molecular weight excluding hydrogens is 464 g/mol. The number of rotatable bonds is 5. The average Bonchev–Trinajstić information content (AvgIpc) is 3.45. The Hall–Kier alpha value is -3.94. The van der Waals surface area contributed by atoms with Gasteiger partial charge < -0.3 is 20.5 Å². The molecule has 2 amide bonds.